The molecule has 0 N–H and O–H groups in total. The van der Waals surface area contributed by atoms with Crippen molar-refractivity contribution in [1.82, 2.24) is 9.78 Å². The maximum absolute atomic E-state index is 12.5. The van der Waals surface area contributed by atoms with Gasteiger partial charge in [0.25, 0.3) is 0 Å². The van der Waals surface area contributed by atoms with Crippen LogP contribution in [0, 0.1) is 16.7 Å². The second kappa shape index (κ2) is 3.69. The van der Waals surface area contributed by atoms with Crippen LogP contribution in [0.2, 0.25) is 0 Å². The Morgan fingerprint density at radius 1 is 1.35 bits per heavy atom. The molecule has 0 radical (unpaired) electrons. The van der Waals surface area contributed by atoms with E-state index < -0.39 is 0 Å². The Bertz CT molecular complexity index is 429. The van der Waals surface area contributed by atoms with Gasteiger partial charge in [-0.1, -0.05) is 34.6 Å². The summed E-state index contributed by atoms with van der Waals surface area (Å²) in [7, 11) is 0. The number of hydrogen-bond acceptors (Lipinski definition) is 2. The topological polar surface area (TPSA) is 34.9 Å². The summed E-state index contributed by atoms with van der Waals surface area (Å²) in [6.45, 7) is 11.6. The van der Waals surface area contributed by atoms with Crippen LogP contribution in [0.15, 0.2) is 12.3 Å². The van der Waals surface area contributed by atoms with E-state index in [0.29, 0.717) is 0 Å². The molecule has 0 aromatic carbocycles. The first kappa shape index (κ1) is 12.3. The van der Waals surface area contributed by atoms with E-state index >= 15 is 0 Å². The average molecular weight is 234 g/mol. The maximum Gasteiger partial charge on any atom is 0.185 e. The molecule has 1 aromatic heterocycles. The highest BCUT2D eigenvalue weighted by molar-refractivity contribution is 5.99. The molecule has 3 nitrogen and oxygen atoms in total. The van der Waals surface area contributed by atoms with Crippen LogP contribution in [0.25, 0.3) is 0 Å². The van der Waals surface area contributed by atoms with Crippen molar-refractivity contribution in [2.24, 2.45) is 16.7 Å². The van der Waals surface area contributed by atoms with Crippen molar-refractivity contribution >= 4 is 5.78 Å². The van der Waals surface area contributed by atoms with Gasteiger partial charge < -0.3 is 0 Å². The Morgan fingerprint density at radius 3 is 2.41 bits per heavy atom. The summed E-state index contributed by atoms with van der Waals surface area (Å²) in [5.41, 5.74) is 0.979. The van der Waals surface area contributed by atoms with E-state index in [1.165, 1.54) is 0 Å². The highest BCUT2D eigenvalue weighted by Crippen LogP contribution is 2.69. The predicted octanol–water partition coefficient (Wildman–Crippen LogP) is 3.16. The molecule has 1 aliphatic carbocycles. The Morgan fingerprint density at radius 2 is 1.94 bits per heavy atom. The summed E-state index contributed by atoms with van der Waals surface area (Å²) in [4.78, 5) is 12.5. The molecule has 17 heavy (non-hydrogen) atoms. The fraction of sp³-hybridized carbons (Fsp3) is 0.714. The zero-order chi connectivity index (χ0) is 12.8. The lowest BCUT2D eigenvalue weighted by molar-refractivity contribution is 0.0934. The molecule has 0 aliphatic heterocycles. The van der Waals surface area contributed by atoms with E-state index in [9.17, 15) is 4.79 Å². The third-order valence-corrected chi connectivity index (χ3v) is 4.69. The minimum absolute atomic E-state index is 0.103. The van der Waals surface area contributed by atoms with Crippen molar-refractivity contribution in [1.29, 1.82) is 0 Å². The van der Waals surface area contributed by atoms with Crippen LogP contribution in [-0.4, -0.2) is 15.6 Å². The van der Waals surface area contributed by atoms with Gasteiger partial charge in [0, 0.05) is 18.7 Å². The molecule has 0 saturated heterocycles. The van der Waals surface area contributed by atoms with Crippen molar-refractivity contribution in [2.45, 2.75) is 47.6 Å². The van der Waals surface area contributed by atoms with Crippen molar-refractivity contribution in [3.8, 4) is 0 Å². The number of carbonyl (C=O) groups is 1. The van der Waals surface area contributed by atoms with Crippen LogP contribution in [0.3, 0.4) is 0 Å². The van der Waals surface area contributed by atoms with Gasteiger partial charge >= 0.3 is 0 Å². The molecular formula is C14H22N2O. The highest BCUT2D eigenvalue weighted by Gasteiger charge is 2.68. The van der Waals surface area contributed by atoms with E-state index in [4.69, 9.17) is 0 Å². The molecule has 94 valence electrons. The van der Waals surface area contributed by atoms with Gasteiger partial charge in [0.15, 0.2) is 5.78 Å². The van der Waals surface area contributed by atoms with Crippen LogP contribution in [0.5, 0.6) is 0 Å². The summed E-state index contributed by atoms with van der Waals surface area (Å²) in [6.07, 6.45) is 2.73. The van der Waals surface area contributed by atoms with E-state index in [2.05, 4.69) is 39.7 Å². The molecule has 1 heterocycles. The van der Waals surface area contributed by atoms with Crippen molar-refractivity contribution in [3.63, 3.8) is 0 Å². The Balaban J connectivity index is 2.25. The van der Waals surface area contributed by atoms with Gasteiger partial charge in [-0.2, -0.15) is 5.10 Å². The number of nitrogens with zero attached hydrogens (tertiary/aromatic N) is 2. The number of aromatic nitrogens is 2. The summed E-state index contributed by atoms with van der Waals surface area (Å²) in [6, 6.07) is 1.85. The lowest BCUT2D eigenvalue weighted by atomic mass is 10.0. The molecule has 2 rings (SSSR count). The number of rotatable bonds is 4. The SMILES string of the molecule is CCCn1nccc1C(=O)C1C(C)(C)C1(C)C. The lowest BCUT2D eigenvalue weighted by Gasteiger charge is -2.06. The van der Waals surface area contributed by atoms with Crippen molar-refractivity contribution in [3.05, 3.63) is 18.0 Å². The number of hydrogen-bond donors (Lipinski definition) is 0. The summed E-state index contributed by atoms with van der Waals surface area (Å²) in [5, 5.41) is 4.23. The highest BCUT2D eigenvalue weighted by atomic mass is 16.1. The second-order valence-corrected chi connectivity index (χ2v) is 6.18. The largest absolute Gasteiger partial charge is 0.292 e. The monoisotopic (exact) mass is 234 g/mol. The van der Waals surface area contributed by atoms with E-state index in [-0.39, 0.29) is 22.5 Å². The molecule has 1 aromatic rings. The lowest BCUT2D eigenvalue weighted by Crippen LogP contribution is -2.14. The zero-order valence-electron chi connectivity index (χ0n) is 11.4. The summed E-state index contributed by atoms with van der Waals surface area (Å²) >= 11 is 0. The fourth-order valence-corrected chi connectivity index (χ4v) is 2.93. The van der Waals surface area contributed by atoms with Crippen LogP contribution in [-0.2, 0) is 6.54 Å². The third kappa shape index (κ3) is 1.63. The normalized spacial score (nSPS) is 21.5. The molecule has 1 aliphatic rings. The van der Waals surface area contributed by atoms with Crippen LogP contribution in [0.4, 0.5) is 0 Å². The molecular weight excluding hydrogens is 212 g/mol. The minimum Gasteiger partial charge on any atom is -0.292 e. The molecule has 0 bridgehead atoms. The summed E-state index contributed by atoms with van der Waals surface area (Å²) < 4.78 is 1.84. The molecule has 0 amide bonds. The van der Waals surface area contributed by atoms with Gasteiger partial charge in [-0.25, -0.2) is 0 Å². The summed E-state index contributed by atoms with van der Waals surface area (Å²) in [5.74, 6) is 0.383. The average Bonchev–Trinajstić information content (AvgIpc) is 2.58. The zero-order valence-corrected chi connectivity index (χ0v) is 11.4. The van der Waals surface area contributed by atoms with E-state index in [0.717, 1.165) is 18.7 Å². The Kier molecular flexibility index (Phi) is 2.68. The van der Waals surface area contributed by atoms with Crippen molar-refractivity contribution < 1.29 is 4.79 Å². The van der Waals surface area contributed by atoms with Gasteiger partial charge in [0.2, 0.25) is 0 Å². The first-order valence-corrected chi connectivity index (χ1v) is 6.40. The molecule has 1 fully saturated rings. The quantitative estimate of drug-likeness (QED) is 0.750. The molecule has 3 heteroatoms. The van der Waals surface area contributed by atoms with E-state index in [1.807, 2.05) is 10.7 Å². The third-order valence-electron chi connectivity index (χ3n) is 4.69. The van der Waals surface area contributed by atoms with Gasteiger partial charge in [-0.05, 0) is 23.3 Å². The van der Waals surface area contributed by atoms with Gasteiger partial charge in [0.1, 0.15) is 5.69 Å². The minimum atomic E-state index is 0.103. The molecule has 1 saturated carbocycles. The number of carbonyl (C=O) groups excluding carboxylic acids is 1. The first-order chi connectivity index (χ1) is 7.84. The number of aryl methyl sites for hydroxylation is 1. The number of ketones is 1. The predicted molar refractivity (Wildman–Crippen MR) is 67.9 cm³/mol. The van der Waals surface area contributed by atoms with Gasteiger partial charge in [0.05, 0.1) is 0 Å². The number of Topliss-reactive ketones (excluding diaryl/α,β-unsaturated/α-hetero) is 1. The Labute approximate surface area is 103 Å². The first-order valence-electron chi connectivity index (χ1n) is 6.40. The van der Waals surface area contributed by atoms with E-state index in [1.54, 1.807) is 6.20 Å². The van der Waals surface area contributed by atoms with Crippen molar-refractivity contribution in [2.75, 3.05) is 0 Å². The van der Waals surface area contributed by atoms with Gasteiger partial charge in [-0.15, -0.1) is 0 Å². The fourth-order valence-electron chi connectivity index (χ4n) is 2.93. The van der Waals surface area contributed by atoms with Gasteiger partial charge in [-0.3, -0.25) is 9.48 Å². The molecule has 0 spiro atoms. The Hall–Kier alpha value is -1.12. The maximum atomic E-state index is 12.5. The van der Waals surface area contributed by atoms with Crippen LogP contribution in [0.1, 0.15) is 51.5 Å². The smallest absolute Gasteiger partial charge is 0.185 e. The van der Waals surface area contributed by atoms with Crippen LogP contribution >= 0.6 is 0 Å². The second-order valence-electron chi connectivity index (χ2n) is 6.18. The standard InChI is InChI=1S/C14H22N2O/c1-6-9-16-10(7-8-15-16)11(17)12-13(2,3)14(12,4)5/h7-8,12H,6,9H2,1-5H3. The molecule has 0 atom stereocenters. The molecule has 0 unspecified atom stereocenters. The van der Waals surface area contributed by atoms with Crippen LogP contribution < -0.4 is 0 Å².